The Morgan fingerprint density at radius 3 is 2.35 bits per heavy atom. The predicted octanol–water partition coefficient (Wildman–Crippen LogP) is 4.03. The lowest BCUT2D eigenvalue weighted by Crippen LogP contribution is -2.26. The van der Waals surface area contributed by atoms with Crippen molar-refractivity contribution in [3.63, 3.8) is 0 Å². The zero-order valence-electron chi connectivity index (χ0n) is 20.9. The van der Waals surface area contributed by atoms with Gasteiger partial charge in [-0.2, -0.15) is 10.1 Å². The van der Waals surface area contributed by atoms with Crippen LogP contribution in [-0.4, -0.2) is 50.0 Å². The molecule has 4 aromatic rings. The first-order valence-electron chi connectivity index (χ1n) is 11.3. The lowest BCUT2D eigenvalue weighted by atomic mass is 10.2. The number of ether oxygens (including phenoxy) is 2. The van der Waals surface area contributed by atoms with E-state index in [0.29, 0.717) is 35.6 Å². The Balaban J connectivity index is 1.57. The normalized spacial score (nSPS) is 11.1. The van der Waals surface area contributed by atoms with Gasteiger partial charge in [-0.05, 0) is 62.0 Å². The number of guanidine groups is 1. The molecule has 0 radical (unpaired) electrons. The average molecular weight is 518 g/mol. The SMILES string of the molecule is COc1ccc(OC)c(NC(=S)/N=C(\Nc2ccc(Cn3cncn3)cc2)Nc2nc(C)cc(C)n2)c1. The fourth-order valence-electron chi connectivity index (χ4n) is 3.46. The number of benzene rings is 2. The Labute approximate surface area is 220 Å². The zero-order valence-corrected chi connectivity index (χ0v) is 21.7. The lowest BCUT2D eigenvalue weighted by molar-refractivity contribution is 0.405. The molecule has 2 aromatic carbocycles. The fraction of sp³-hybridized carbons (Fsp3) is 0.200. The summed E-state index contributed by atoms with van der Waals surface area (Å²) >= 11 is 5.54. The molecule has 3 N–H and O–H groups in total. The van der Waals surface area contributed by atoms with Gasteiger partial charge in [0, 0.05) is 23.1 Å². The standard InChI is InChI=1S/C25H27N9O2S/c1-16-11-17(2)29-23(28-16)32-24(30-19-7-5-18(6-8-19)13-34-15-26-14-27-34)33-25(37)31-21-12-20(35-3)9-10-22(21)36-4/h5-12,14-15H,13H2,1-4H3,(H3,28,29,30,31,32,33,37). The Hall–Kier alpha value is -4.58. The van der Waals surface area contributed by atoms with E-state index in [1.54, 1.807) is 43.4 Å². The lowest BCUT2D eigenvalue weighted by Gasteiger charge is -2.15. The second kappa shape index (κ2) is 11.9. The highest BCUT2D eigenvalue weighted by Gasteiger charge is 2.10. The third kappa shape index (κ3) is 7.21. The van der Waals surface area contributed by atoms with E-state index < -0.39 is 0 Å². The van der Waals surface area contributed by atoms with Crippen LogP contribution in [0.15, 0.2) is 66.2 Å². The summed E-state index contributed by atoms with van der Waals surface area (Å²) in [6.45, 7) is 4.42. The molecule has 0 aliphatic rings. The molecule has 0 saturated heterocycles. The van der Waals surface area contributed by atoms with Crippen LogP contribution in [0.5, 0.6) is 11.5 Å². The number of hydrogen-bond donors (Lipinski definition) is 3. The van der Waals surface area contributed by atoms with Crippen molar-refractivity contribution in [1.29, 1.82) is 0 Å². The number of hydrogen-bond acceptors (Lipinski definition) is 7. The maximum Gasteiger partial charge on any atom is 0.229 e. The van der Waals surface area contributed by atoms with Gasteiger partial charge in [-0.15, -0.1) is 0 Å². The zero-order chi connectivity index (χ0) is 26.2. The van der Waals surface area contributed by atoms with Crippen LogP contribution in [0.1, 0.15) is 17.0 Å². The average Bonchev–Trinajstić information content (AvgIpc) is 3.37. The van der Waals surface area contributed by atoms with Crippen LogP contribution in [0.3, 0.4) is 0 Å². The summed E-state index contributed by atoms with van der Waals surface area (Å²) in [6, 6.07) is 15.1. The van der Waals surface area contributed by atoms with E-state index in [1.807, 2.05) is 44.2 Å². The summed E-state index contributed by atoms with van der Waals surface area (Å²) in [5.74, 6) is 1.99. The topological polar surface area (TPSA) is 123 Å². The van der Waals surface area contributed by atoms with Gasteiger partial charge in [0.15, 0.2) is 0 Å². The van der Waals surface area contributed by atoms with Crippen LogP contribution in [-0.2, 0) is 6.54 Å². The van der Waals surface area contributed by atoms with Crippen LogP contribution >= 0.6 is 12.2 Å². The van der Waals surface area contributed by atoms with Crippen LogP contribution < -0.4 is 25.4 Å². The molecular weight excluding hydrogens is 490 g/mol. The monoisotopic (exact) mass is 517 g/mol. The third-order valence-electron chi connectivity index (χ3n) is 5.10. The van der Waals surface area contributed by atoms with Gasteiger partial charge in [0.1, 0.15) is 24.2 Å². The second-order valence-corrected chi connectivity index (χ2v) is 8.36. The first-order chi connectivity index (χ1) is 17.9. The molecule has 0 atom stereocenters. The van der Waals surface area contributed by atoms with Crippen molar-refractivity contribution in [3.8, 4) is 11.5 Å². The molecule has 4 rings (SSSR count). The Morgan fingerprint density at radius 1 is 0.946 bits per heavy atom. The number of aliphatic imine (C=N–C) groups is 1. The van der Waals surface area contributed by atoms with Gasteiger partial charge < -0.3 is 20.1 Å². The predicted molar refractivity (Wildman–Crippen MR) is 148 cm³/mol. The number of nitrogens with zero attached hydrogens (tertiary/aromatic N) is 6. The van der Waals surface area contributed by atoms with Gasteiger partial charge in [0.25, 0.3) is 0 Å². The minimum absolute atomic E-state index is 0.189. The summed E-state index contributed by atoms with van der Waals surface area (Å²) in [6.07, 6.45) is 3.19. The molecule has 0 aliphatic heterocycles. The summed E-state index contributed by atoms with van der Waals surface area (Å²) < 4.78 is 12.5. The molecule has 0 spiro atoms. The third-order valence-corrected chi connectivity index (χ3v) is 5.30. The van der Waals surface area contributed by atoms with Gasteiger partial charge in [0.05, 0.1) is 26.5 Å². The molecule has 190 valence electrons. The van der Waals surface area contributed by atoms with E-state index in [0.717, 1.165) is 22.6 Å². The number of anilines is 3. The van der Waals surface area contributed by atoms with Gasteiger partial charge >= 0.3 is 0 Å². The van der Waals surface area contributed by atoms with Gasteiger partial charge in [-0.1, -0.05) is 12.1 Å². The summed E-state index contributed by atoms with van der Waals surface area (Å²) in [4.78, 5) is 17.4. The van der Waals surface area contributed by atoms with Crippen LogP contribution in [0, 0.1) is 13.8 Å². The van der Waals surface area contributed by atoms with Crippen molar-refractivity contribution in [2.24, 2.45) is 4.99 Å². The van der Waals surface area contributed by atoms with E-state index in [4.69, 9.17) is 21.7 Å². The van der Waals surface area contributed by atoms with Crippen molar-refractivity contribution < 1.29 is 9.47 Å². The van der Waals surface area contributed by atoms with E-state index in [9.17, 15) is 0 Å². The largest absolute Gasteiger partial charge is 0.497 e. The number of aromatic nitrogens is 5. The Morgan fingerprint density at radius 2 is 1.70 bits per heavy atom. The van der Waals surface area contributed by atoms with Crippen LogP contribution in [0.2, 0.25) is 0 Å². The van der Waals surface area contributed by atoms with Gasteiger partial charge in [0.2, 0.25) is 17.0 Å². The molecular formula is C25H27N9O2S. The molecule has 0 fully saturated rings. The number of nitrogens with one attached hydrogen (secondary N) is 3. The maximum atomic E-state index is 5.54. The van der Waals surface area contributed by atoms with E-state index >= 15 is 0 Å². The van der Waals surface area contributed by atoms with Crippen molar-refractivity contribution >= 4 is 40.6 Å². The van der Waals surface area contributed by atoms with Crippen molar-refractivity contribution in [3.05, 3.63) is 78.1 Å². The molecule has 0 aliphatic carbocycles. The van der Waals surface area contributed by atoms with Crippen molar-refractivity contribution in [2.75, 3.05) is 30.2 Å². The molecule has 0 amide bonds. The molecule has 2 heterocycles. The molecule has 37 heavy (non-hydrogen) atoms. The fourth-order valence-corrected chi connectivity index (χ4v) is 3.66. The van der Waals surface area contributed by atoms with E-state index in [1.165, 1.54) is 6.33 Å². The molecule has 2 aromatic heterocycles. The number of rotatable bonds is 7. The number of thiocarbonyl (C=S) groups is 1. The number of methoxy groups -OCH3 is 2. The molecule has 0 bridgehead atoms. The second-order valence-electron chi connectivity index (χ2n) is 7.97. The Kier molecular flexibility index (Phi) is 8.21. The Bertz CT molecular complexity index is 1370. The number of aryl methyl sites for hydroxylation is 2. The molecule has 11 nitrogen and oxygen atoms in total. The van der Waals surface area contributed by atoms with E-state index in [2.05, 4.69) is 41.0 Å². The van der Waals surface area contributed by atoms with Crippen LogP contribution in [0.4, 0.5) is 17.3 Å². The maximum absolute atomic E-state index is 5.54. The highest BCUT2D eigenvalue weighted by molar-refractivity contribution is 7.80. The first kappa shape index (κ1) is 25.5. The minimum Gasteiger partial charge on any atom is -0.497 e. The van der Waals surface area contributed by atoms with Gasteiger partial charge in [-0.25, -0.2) is 19.6 Å². The first-order valence-corrected chi connectivity index (χ1v) is 11.7. The van der Waals surface area contributed by atoms with Crippen molar-refractivity contribution in [2.45, 2.75) is 20.4 Å². The molecule has 0 unspecified atom stereocenters. The smallest absolute Gasteiger partial charge is 0.229 e. The molecule has 0 saturated carbocycles. The highest BCUT2D eigenvalue weighted by Crippen LogP contribution is 2.29. The van der Waals surface area contributed by atoms with Crippen molar-refractivity contribution in [1.82, 2.24) is 24.7 Å². The van der Waals surface area contributed by atoms with Gasteiger partial charge in [-0.3, -0.25) is 5.32 Å². The summed E-state index contributed by atoms with van der Waals surface area (Å²) in [5.41, 5.74) is 4.14. The van der Waals surface area contributed by atoms with E-state index in [-0.39, 0.29) is 5.11 Å². The quantitative estimate of drug-likeness (QED) is 0.188. The van der Waals surface area contributed by atoms with Crippen LogP contribution in [0.25, 0.3) is 0 Å². The molecule has 12 heteroatoms. The summed E-state index contributed by atoms with van der Waals surface area (Å²) in [7, 11) is 3.17. The minimum atomic E-state index is 0.189. The highest BCUT2D eigenvalue weighted by atomic mass is 32.1. The summed E-state index contributed by atoms with van der Waals surface area (Å²) in [5, 5.41) is 13.8.